The number of amides is 4. The lowest BCUT2D eigenvalue weighted by atomic mass is 9.83. The fourth-order valence-corrected chi connectivity index (χ4v) is 9.83. The van der Waals surface area contributed by atoms with Gasteiger partial charge in [0.25, 0.3) is 0 Å². The summed E-state index contributed by atoms with van der Waals surface area (Å²) in [7, 11) is 10.7. The van der Waals surface area contributed by atoms with E-state index in [1.165, 1.54) is 41.9 Å². The van der Waals surface area contributed by atoms with Crippen LogP contribution in [0.1, 0.15) is 72.3 Å². The first-order valence-electron chi connectivity index (χ1n) is 19.6. The van der Waals surface area contributed by atoms with Crippen molar-refractivity contribution in [3.8, 4) is 5.75 Å². The van der Waals surface area contributed by atoms with Gasteiger partial charge in [0.05, 0.1) is 25.3 Å². The molecule has 3 heterocycles. The quantitative estimate of drug-likeness (QED) is 0.102. The zero-order valence-corrected chi connectivity index (χ0v) is 37.9. The molecule has 0 aromatic heterocycles. The number of likely N-dealkylation sites (N-methyl/N-ethyl adjacent to an activating group) is 1. The lowest BCUT2D eigenvalue weighted by Gasteiger charge is -2.42. The van der Waals surface area contributed by atoms with E-state index in [1.807, 2.05) is 19.9 Å². The summed E-state index contributed by atoms with van der Waals surface area (Å²) in [6.45, 7) is 9.01. The predicted octanol–water partition coefficient (Wildman–Crippen LogP) is 5.20. The molecule has 4 rings (SSSR count). The minimum Gasteiger partial charge on any atom is -0.495 e. The number of halogens is 1. The molecule has 1 aromatic rings. The van der Waals surface area contributed by atoms with Gasteiger partial charge < -0.3 is 43.9 Å². The summed E-state index contributed by atoms with van der Waals surface area (Å²) in [4.78, 5) is 68.5. The standard InChI is InChI=1S/C41H59ClN4O11S2/c1-23-12-11-13-31(54-10)41(52)22-30(55-39(51)44-41)25(3)37-40(5,57-37)32(21-35(49)46(8)28-19-27(18-23)20-29(53-9)36(28)42)56-38(50)26(4)45(7)34(48)16-17-58-59-24(2)14-15-33(47)43-6/h11-13,19-20,24-26,30-32,37,52H,14-18,21-22H2,1-10H3,(H,43,47)(H,44,51)/b13-11+,23-12+/t24?,25-,26+,30?,31-,32+,37?,40?,41+/m1/s1. The Bertz CT molecular complexity index is 1780. The number of carbonyl (C=O) groups is 5. The van der Waals surface area contributed by atoms with Crippen LogP contribution in [-0.2, 0) is 44.5 Å². The van der Waals surface area contributed by atoms with Gasteiger partial charge in [-0.3, -0.25) is 19.7 Å². The molecule has 4 amide bonds. The molecule has 0 radical (unpaired) electrons. The SMILES string of the molecule is CNC(=O)CCC(C)SSCCC(=O)N(C)[C@@H](C)C(=O)O[C@H]1CC(=O)N(C)c2cc(cc(OC)c2Cl)C/C(C)=C/C=C/[C@@H](OC)[C@@]2(O)CC(OC(=O)N2)[C@@H](C)C2OC21C. The first-order chi connectivity index (χ1) is 27.8. The lowest BCUT2D eigenvalue weighted by molar-refractivity contribution is -0.162. The van der Waals surface area contributed by atoms with Crippen molar-refractivity contribution in [2.45, 2.75) is 120 Å². The number of hydrogen-bond acceptors (Lipinski definition) is 13. The molecule has 0 spiro atoms. The number of nitrogens with zero attached hydrogens (tertiary/aromatic N) is 2. The average molecular weight is 884 g/mol. The molecule has 18 heteroatoms. The molecule has 3 aliphatic heterocycles. The molecule has 0 aliphatic carbocycles. The summed E-state index contributed by atoms with van der Waals surface area (Å²) in [6, 6.07) is 2.57. The van der Waals surface area contributed by atoms with Crippen LogP contribution in [-0.4, -0.2) is 128 Å². The van der Waals surface area contributed by atoms with Gasteiger partial charge in [0, 0.05) is 64.4 Å². The van der Waals surface area contributed by atoms with Gasteiger partial charge >= 0.3 is 12.1 Å². The second kappa shape index (κ2) is 20.9. The minimum atomic E-state index is -1.84. The van der Waals surface area contributed by atoms with Crippen LogP contribution in [0.5, 0.6) is 5.75 Å². The predicted molar refractivity (Wildman–Crippen MR) is 228 cm³/mol. The number of fused-ring (bicyclic) bond motifs is 5. The summed E-state index contributed by atoms with van der Waals surface area (Å²) in [5, 5.41) is 17.3. The first-order valence-corrected chi connectivity index (χ1v) is 22.4. The van der Waals surface area contributed by atoms with Crippen LogP contribution in [0.25, 0.3) is 0 Å². The molecular weight excluding hydrogens is 824 g/mol. The molecule has 4 bridgehead atoms. The van der Waals surface area contributed by atoms with Gasteiger partial charge in [-0.05, 0) is 51.3 Å². The summed E-state index contributed by atoms with van der Waals surface area (Å²) in [5.74, 6) is -1.16. The number of anilines is 1. The minimum absolute atomic E-state index is 0.0193. The Morgan fingerprint density at radius 3 is 2.58 bits per heavy atom. The van der Waals surface area contributed by atoms with E-state index < -0.39 is 65.7 Å². The topological polar surface area (TPSA) is 186 Å². The van der Waals surface area contributed by atoms with Crippen LogP contribution >= 0.6 is 33.2 Å². The first kappa shape index (κ1) is 48.2. The number of rotatable bonds is 13. The molecule has 59 heavy (non-hydrogen) atoms. The van der Waals surface area contributed by atoms with Crippen molar-refractivity contribution in [3.05, 3.63) is 46.5 Å². The number of benzene rings is 1. The van der Waals surface area contributed by atoms with E-state index >= 15 is 0 Å². The van der Waals surface area contributed by atoms with Crippen molar-refractivity contribution in [2.75, 3.05) is 46.0 Å². The van der Waals surface area contributed by atoms with Gasteiger partial charge in [0.1, 0.15) is 40.7 Å². The molecule has 2 saturated heterocycles. The Balaban J connectivity index is 1.61. The van der Waals surface area contributed by atoms with Crippen molar-refractivity contribution in [1.29, 1.82) is 0 Å². The molecule has 4 unspecified atom stereocenters. The second-order valence-corrected chi connectivity index (χ2v) is 18.9. The van der Waals surface area contributed by atoms with Gasteiger partial charge in [-0.25, -0.2) is 9.59 Å². The number of ether oxygens (including phenoxy) is 5. The Kier molecular flexibility index (Phi) is 17.0. The summed E-state index contributed by atoms with van der Waals surface area (Å²) < 4.78 is 29.3. The number of esters is 1. The summed E-state index contributed by atoms with van der Waals surface area (Å²) >= 11 is 6.78. The van der Waals surface area contributed by atoms with Crippen molar-refractivity contribution in [1.82, 2.24) is 15.5 Å². The Morgan fingerprint density at radius 2 is 1.92 bits per heavy atom. The number of alkyl carbamates (subject to hydrolysis) is 1. The van der Waals surface area contributed by atoms with E-state index in [0.29, 0.717) is 36.5 Å². The van der Waals surface area contributed by atoms with Gasteiger partial charge in [0.2, 0.25) is 17.7 Å². The van der Waals surface area contributed by atoms with Crippen LogP contribution in [0.3, 0.4) is 0 Å². The number of hydrogen-bond donors (Lipinski definition) is 3. The average Bonchev–Trinajstić information content (AvgIpc) is 3.90. The zero-order chi connectivity index (χ0) is 43.8. The highest BCUT2D eigenvalue weighted by atomic mass is 35.5. The molecule has 3 aliphatic rings. The monoisotopic (exact) mass is 882 g/mol. The maximum Gasteiger partial charge on any atom is 0.409 e. The highest BCUT2D eigenvalue weighted by molar-refractivity contribution is 8.76. The third-order valence-corrected chi connectivity index (χ3v) is 14.6. The Labute approximate surface area is 360 Å². The fourth-order valence-electron chi connectivity index (χ4n) is 7.20. The van der Waals surface area contributed by atoms with Crippen molar-refractivity contribution < 1.29 is 52.8 Å². The summed E-state index contributed by atoms with van der Waals surface area (Å²) in [6.07, 6.45) is 2.11. The Hall–Kier alpha value is -3.48. The van der Waals surface area contributed by atoms with Crippen molar-refractivity contribution in [2.24, 2.45) is 5.92 Å². The van der Waals surface area contributed by atoms with E-state index in [9.17, 15) is 29.1 Å². The Morgan fingerprint density at radius 1 is 1.20 bits per heavy atom. The normalized spacial score (nSPS) is 29.7. The van der Waals surface area contributed by atoms with E-state index in [-0.39, 0.29) is 41.3 Å². The number of allylic oxidation sites excluding steroid dienone is 3. The van der Waals surface area contributed by atoms with Crippen LogP contribution in [0.2, 0.25) is 5.02 Å². The van der Waals surface area contributed by atoms with Gasteiger partial charge in [-0.1, -0.05) is 70.8 Å². The maximum atomic E-state index is 14.2. The highest BCUT2D eigenvalue weighted by Gasteiger charge is 2.64. The number of nitrogens with one attached hydrogen (secondary N) is 2. The molecule has 328 valence electrons. The largest absolute Gasteiger partial charge is 0.495 e. The van der Waals surface area contributed by atoms with Crippen LogP contribution < -0.4 is 20.3 Å². The van der Waals surface area contributed by atoms with Crippen molar-refractivity contribution >= 4 is 68.7 Å². The van der Waals surface area contributed by atoms with Crippen LogP contribution in [0, 0.1) is 5.92 Å². The third-order valence-electron chi connectivity index (χ3n) is 11.2. The van der Waals surface area contributed by atoms with Crippen LogP contribution in [0.4, 0.5) is 10.5 Å². The molecule has 2 fully saturated rings. The van der Waals surface area contributed by atoms with Crippen molar-refractivity contribution in [3.63, 3.8) is 0 Å². The highest BCUT2D eigenvalue weighted by Crippen LogP contribution is 2.49. The fraction of sp³-hybridized carbons (Fsp3) is 0.634. The van der Waals surface area contributed by atoms with E-state index in [4.69, 9.17) is 35.3 Å². The number of methoxy groups -OCH3 is 2. The molecule has 9 atom stereocenters. The molecular formula is C41H59ClN4O11S2. The smallest absolute Gasteiger partial charge is 0.409 e. The third kappa shape index (κ3) is 12.1. The van der Waals surface area contributed by atoms with Gasteiger partial charge in [-0.2, -0.15) is 0 Å². The molecule has 15 nitrogen and oxygen atoms in total. The van der Waals surface area contributed by atoms with Gasteiger partial charge in [-0.15, -0.1) is 0 Å². The van der Waals surface area contributed by atoms with E-state index in [2.05, 4.69) is 10.6 Å². The zero-order valence-electron chi connectivity index (χ0n) is 35.5. The van der Waals surface area contributed by atoms with Gasteiger partial charge in [0.15, 0.2) is 5.72 Å². The van der Waals surface area contributed by atoms with E-state index in [0.717, 1.165) is 11.1 Å². The maximum absolute atomic E-state index is 14.2. The number of epoxide rings is 1. The number of carbonyl (C=O) groups excluding carboxylic acids is 5. The number of aliphatic hydroxyl groups is 1. The molecule has 0 saturated carbocycles. The molecule has 3 N–H and O–H groups in total. The molecule has 1 aromatic carbocycles. The van der Waals surface area contributed by atoms with E-state index in [1.54, 1.807) is 69.9 Å². The lowest BCUT2D eigenvalue weighted by Crippen LogP contribution is -2.63. The van der Waals surface area contributed by atoms with Crippen LogP contribution in [0.15, 0.2) is 35.9 Å². The second-order valence-electron chi connectivity index (χ2n) is 15.6. The summed E-state index contributed by atoms with van der Waals surface area (Å²) in [5.41, 5.74) is -0.976.